The third kappa shape index (κ3) is 5.70. The minimum absolute atomic E-state index is 0.176. The van der Waals surface area contributed by atoms with E-state index in [-0.39, 0.29) is 6.04 Å². The van der Waals surface area contributed by atoms with Gasteiger partial charge >= 0.3 is 6.18 Å². The molecule has 0 aliphatic heterocycles. The number of nitrogens with two attached hydrogens (primary N) is 1. The summed E-state index contributed by atoms with van der Waals surface area (Å²) in [6, 6.07) is 0.176. The fourth-order valence-corrected chi connectivity index (χ4v) is 1.82. The topological polar surface area (TPSA) is 29.3 Å². The van der Waals surface area contributed by atoms with Crippen molar-refractivity contribution in [2.24, 2.45) is 11.7 Å². The summed E-state index contributed by atoms with van der Waals surface area (Å²) in [5.74, 6) is 0.409. The quantitative estimate of drug-likeness (QED) is 0.738. The first-order valence-corrected chi connectivity index (χ1v) is 5.93. The summed E-state index contributed by atoms with van der Waals surface area (Å²) >= 11 is 0. The van der Waals surface area contributed by atoms with Crippen molar-refractivity contribution in [3.05, 3.63) is 0 Å². The van der Waals surface area contributed by atoms with Crippen molar-refractivity contribution >= 4 is 0 Å². The van der Waals surface area contributed by atoms with Crippen LogP contribution in [0, 0.1) is 5.92 Å². The molecular weight excluding hydrogens is 217 g/mol. The van der Waals surface area contributed by atoms with Gasteiger partial charge in [0.25, 0.3) is 0 Å². The third-order valence-corrected chi connectivity index (χ3v) is 2.99. The van der Waals surface area contributed by atoms with Gasteiger partial charge in [-0.15, -0.1) is 0 Å². The molecule has 2 N–H and O–H groups in total. The minimum Gasteiger partial charge on any atom is -0.330 e. The van der Waals surface area contributed by atoms with Gasteiger partial charge in [-0.25, -0.2) is 0 Å². The van der Waals surface area contributed by atoms with E-state index in [2.05, 4.69) is 0 Å². The summed E-state index contributed by atoms with van der Waals surface area (Å²) in [6.07, 6.45) is -0.504. The molecule has 2 nitrogen and oxygen atoms in total. The van der Waals surface area contributed by atoms with E-state index in [1.54, 1.807) is 4.90 Å². The molecule has 0 amide bonds. The molecule has 0 bridgehead atoms. The van der Waals surface area contributed by atoms with Gasteiger partial charge in [0.05, 0.1) is 6.54 Å². The van der Waals surface area contributed by atoms with Crippen LogP contribution < -0.4 is 5.73 Å². The summed E-state index contributed by atoms with van der Waals surface area (Å²) in [4.78, 5) is 1.57. The zero-order valence-electron chi connectivity index (χ0n) is 9.76. The molecule has 1 aliphatic rings. The highest BCUT2D eigenvalue weighted by Gasteiger charge is 2.37. The summed E-state index contributed by atoms with van der Waals surface area (Å²) in [5.41, 5.74) is 5.47. The number of hydrogen-bond acceptors (Lipinski definition) is 2. The van der Waals surface area contributed by atoms with Gasteiger partial charge in [-0.3, -0.25) is 4.90 Å². The van der Waals surface area contributed by atoms with Crippen molar-refractivity contribution < 1.29 is 13.2 Å². The molecule has 5 heteroatoms. The van der Waals surface area contributed by atoms with E-state index >= 15 is 0 Å². The van der Waals surface area contributed by atoms with Crippen molar-refractivity contribution in [2.45, 2.75) is 44.8 Å². The van der Waals surface area contributed by atoms with Crippen LogP contribution in [-0.2, 0) is 0 Å². The summed E-state index contributed by atoms with van der Waals surface area (Å²) < 4.78 is 36.9. The first-order valence-electron chi connectivity index (χ1n) is 5.93. The van der Waals surface area contributed by atoms with Gasteiger partial charge < -0.3 is 5.73 Å². The molecule has 0 aromatic carbocycles. The van der Waals surface area contributed by atoms with Crippen LogP contribution in [-0.4, -0.2) is 36.8 Å². The van der Waals surface area contributed by atoms with Crippen molar-refractivity contribution in [1.29, 1.82) is 0 Å². The lowest BCUT2D eigenvalue weighted by Crippen LogP contribution is -2.36. The average molecular weight is 238 g/mol. The molecule has 1 saturated carbocycles. The Morgan fingerprint density at radius 2 is 2.00 bits per heavy atom. The normalized spacial score (nSPS) is 19.1. The second-order valence-corrected chi connectivity index (χ2v) is 4.80. The van der Waals surface area contributed by atoms with Crippen LogP contribution in [0.25, 0.3) is 0 Å². The molecule has 1 unspecified atom stereocenters. The highest BCUT2D eigenvalue weighted by atomic mass is 19.4. The summed E-state index contributed by atoms with van der Waals surface area (Å²) in [6.45, 7) is 2.44. The van der Waals surface area contributed by atoms with Gasteiger partial charge in [0, 0.05) is 6.04 Å². The molecule has 1 rings (SSSR count). The molecule has 0 radical (unpaired) electrons. The summed E-state index contributed by atoms with van der Waals surface area (Å²) in [7, 11) is 0. The first-order chi connectivity index (χ1) is 7.42. The largest absolute Gasteiger partial charge is 0.401 e. The van der Waals surface area contributed by atoms with Crippen LogP contribution in [0.1, 0.15) is 32.6 Å². The van der Waals surface area contributed by atoms with Crippen molar-refractivity contribution in [2.75, 3.05) is 19.6 Å². The second kappa shape index (κ2) is 5.87. The van der Waals surface area contributed by atoms with E-state index in [0.717, 1.165) is 25.7 Å². The van der Waals surface area contributed by atoms with E-state index in [1.165, 1.54) is 0 Å². The molecule has 0 saturated heterocycles. The average Bonchev–Trinajstić information content (AvgIpc) is 2.97. The molecule has 0 heterocycles. The Kier molecular flexibility index (Phi) is 5.05. The van der Waals surface area contributed by atoms with Gasteiger partial charge in [0.2, 0.25) is 0 Å². The molecule has 0 aromatic heterocycles. The minimum atomic E-state index is -4.07. The number of halogens is 3. The molecule has 0 aromatic rings. The van der Waals surface area contributed by atoms with Gasteiger partial charge in [0.15, 0.2) is 0 Å². The Balaban J connectivity index is 2.23. The maximum absolute atomic E-state index is 12.3. The Labute approximate surface area is 95.0 Å². The lowest BCUT2D eigenvalue weighted by atomic mass is 10.1. The molecule has 1 fully saturated rings. The number of hydrogen-bond donors (Lipinski definition) is 1. The Morgan fingerprint density at radius 1 is 1.38 bits per heavy atom. The zero-order chi connectivity index (χ0) is 12.2. The maximum Gasteiger partial charge on any atom is 0.401 e. The molecule has 16 heavy (non-hydrogen) atoms. The van der Waals surface area contributed by atoms with E-state index in [9.17, 15) is 13.2 Å². The van der Waals surface area contributed by atoms with Crippen molar-refractivity contribution in [3.63, 3.8) is 0 Å². The predicted molar refractivity (Wildman–Crippen MR) is 58.1 cm³/mol. The number of nitrogens with zero attached hydrogens (tertiary/aromatic N) is 1. The number of rotatable bonds is 7. The van der Waals surface area contributed by atoms with Crippen molar-refractivity contribution in [3.8, 4) is 0 Å². The van der Waals surface area contributed by atoms with Crippen LogP contribution >= 0.6 is 0 Å². The zero-order valence-corrected chi connectivity index (χ0v) is 9.76. The van der Waals surface area contributed by atoms with E-state index in [1.807, 2.05) is 6.92 Å². The lowest BCUT2D eigenvalue weighted by Gasteiger charge is -2.23. The maximum atomic E-state index is 12.3. The lowest BCUT2D eigenvalue weighted by molar-refractivity contribution is -0.147. The predicted octanol–water partition coefficient (Wildman–Crippen LogP) is 2.39. The molecule has 0 spiro atoms. The molecule has 1 aliphatic carbocycles. The van der Waals surface area contributed by atoms with Crippen LogP contribution in [0.5, 0.6) is 0 Å². The van der Waals surface area contributed by atoms with Gasteiger partial charge in [-0.2, -0.15) is 13.2 Å². The fraction of sp³-hybridized carbons (Fsp3) is 1.00. The van der Waals surface area contributed by atoms with E-state index < -0.39 is 12.7 Å². The van der Waals surface area contributed by atoms with E-state index in [0.29, 0.717) is 19.0 Å². The molecule has 1 atom stereocenters. The standard InChI is InChI=1S/C11H21F3N2/c1-9(7-15)3-2-6-16(10-4-5-10)8-11(12,13)14/h9-10H,2-8,15H2,1H3. The van der Waals surface area contributed by atoms with Crippen LogP contribution in [0.4, 0.5) is 13.2 Å². The molecule has 96 valence electrons. The van der Waals surface area contributed by atoms with Crippen LogP contribution in [0.2, 0.25) is 0 Å². The van der Waals surface area contributed by atoms with Gasteiger partial charge in [-0.1, -0.05) is 6.92 Å². The Bertz CT molecular complexity index is 202. The Hall–Kier alpha value is -0.290. The van der Waals surface area contributed by atoms with Crippen LogP contribution in [0.3, 0.4) is 0 Å². The fourth-order valence-electron chi connectivity index (χ4n) is 1.82. The smallest absolute Gasteiger partial charge is 0.330 e. The van der Waals surface area contributed by atoms with Gasteiger partial charge in [-0.05, 0) is 44.7 Å². The Morgan fingerprint density at radius 3 is 2.44 bits per heavy atom. The van der Waals surface area contributed by atoms with Gasteiger partial charge in [0.1, 0.15) is 0 Å². The first kappa shape index (κ1) is 13.8. The third-order valence-electron chi connectivity index (χ3n) is 2.99. The molecular formula is C11H21F3N2. The monoisotopic (exact) mass is 238 g/mol. The van der Waals surface area contributed by atoms with Crippen molar-refractivity contribution in [1.82, 2.24) is 4.90 Å². The highest BCUT2D eigenvalue weighted by molar-refractivity contribution is 4.85. The summed E-state index contributed by atoms with van der Waals surface area (Å²) in [5, 5.41) is 0. The van der Waals surface area contributed by atoms with E-state index in [4.69, 9.17) is 5.73 Å². The highest BCUT2D eigenvalue weighted by Crippen LogP contribution is 2.30. The second-order valence-electron chi connectivity index (χ2n) is 4.80. The SMILES string of the molecule is CC(CN)CCCN(CC(F)(F)F)C1CC1. The number of alkyl halides is 3. The van der Waals surface area contributed by atoms with Crippen LogP contribution in [0.15, 0.2) is 0 Å².